The maximum atomic E-state index is 10.2. The molecule has 19 heavy (non-hydrogen) atoms. The van der Waals surface area contributed by atoms with Gasteiger partial charge in [-0.3, -0.25) is 0 Å². The van der Waals surface area contributed by atoms with E-state index in [1.807, 2.05) is 44.2 Å². The first-order valence-electron chi connectivity index (χ1n) is 6.42. The molecule has 3 rings (SSSR count). The Morgan fingerprint density at radius 1 is 1.21 bits per heavy atom. The average Bonchev–Trinajstić information content (AvgIpc) is 2.83. The van der Waals surface area contributed by atoms with Crippen molar-refractivity contribution in [3.05, 3.63) is 30.3 Å². The van der Waals surface area contributed by atoms with Crippen molar-refractivity contribution in [1.82, 2.24) is 0 Å². The van der Waals surface area contributed by atoms with E-state index in [-0.39, 0.29) is 12.2 Å². The van der Waals surface area contributed by atoms with Crippen LogP contribution < -0.4 is 0 Å². The van der Waals surface area contributed by atoms with Gasteiger partial charge in [0.1, 0.15) is 12.2 Å². The molecular weight excluding hydrogens is 264 g/mol. The van der Waals surface area contributed by atoms with Crippen molar-refractivity contribution in [2.75, 3.05) is 5.75 Å². The van der Waals surface area contributed by atoms with Gasteiger partial charge in [-0.2, -0.15) is 0 Å². The summed E-state index contributed by atoms with van der Waals surface area (Å²) in [5.74, 6) is 0.0131. The number of rotatable bonds is 3. The van der Waals surface area contributed by atoms with Crippen molar-refractivity contribution in [2.24, 2.45) is 0 Å². The molecule has 5 heteroatoms. The lowest BCUT2D eigenvalue weighted by molar-refractivity contribution is -0.211. The third-order valence-electron chi connectivity index (χ3n) is 3.27. The lowest BCUT2D eigenvalue weighted by Crippen LogP contribution is -2.35. The summed E-state index contributed by atoms with van der Waals surface area (Å²) in [6.07, 6.45) is -1.72. The Hall–Kier alpha value is -0.590. The fourth-order valence-electron chi connectivity index (χ4n) is 2.39. The lowest BCUT2D eigenvalue weighted by Gasteiger charge is -2.22. The first kappa shape index (κ1) is 13.4. The van der Waals surface area contributed by atoms with Gasteiger partial charge in [0.2, 0.25) is 0 Å². The van der Waals surface area contributed by atoms with E-state index in [0.29, 0.717) is 5.75 Å². The highest BCUT2D eigenvalue weighted by molar-refractivity contribution is 7.99. The number of benzene rings is 1. The SMILES string of the molecule is CC1(C)O[C@@H]2O[C@@H](CSc3ccccc3)[C@@H](O)[C@@H]2O1. The van der Waals surface area contributed by atoms with E-state index < -0.39 is 18.2 Å². The Morgan fingerprint density at radius 3 is 2.63 bits per heavy atom. The van der Waals surface area contributed by atoms with Crippen LogP contribution >= 0.6 is 11.8 Å². The fourth-order valence-corrected chi connectivity index (χ4v) is 3.37. The maximum absolute atomic E-state index is 10.2. The molecule has 0 aromatic heterocycles. The van der Waals surface area contributed by atoms with E-state index in [4.69, 9.17) is 14.2 Å². The second-order valence-electron chi connectivity index (χ2n) is 5.26. The lowest BCUT2D eigenvalue weighted by atomic mass is 10.1. The van der Waals surface area contributed by atoms with Crippen molar-refractivity contribution in [3.8, 4) is 0 Å². The molecule has 2 heterocycles. The molecule has 2 fully saturated rings. The van der Waals surface area contributed by atoms with Crippen LogP contribution in [0, 0.1) is 0 Å². The van der Waals surface area contributed by atoms with Gasteiger partial charge < -0.3 is 19.3 Å². The van der Waals surface area contributed by atoms with E-state index >= 15 is 0 Å². The van der Waals surface area contributed by atoms with Gasteiger partial charge in [-0.25, -0.2) is 0 Å². The minimum absolute atomic E-state index is 0.253. The van der Waals surface area contributed by atoms with E-state index in [0.717, 1.165) is 4.90 Å². The first-order chi connectivity index (χ1) is 9.05. The third-order valence-corrected chi connectivity index (χ3v) is 4.37. The van der Waals surface area contributed by atoms with Gasteiger partial charge in [-0.1, -0.05) is 18.2 Å². The summed E-state index contributed by atoms with van der Waals surface area (Å²) in [4.78, 5) is 1.16. The summed E-state index contributed by atoms with van der Waals surface area (Å²) in [5, 5.41) is 10.2. The molecule has 1 N–H and O–H groups in total. The van der Waals surface area contributed by atoms with Gasteiger partial charge in [0.15, 0.2) is 12.1 Å². The second kappa shape index (κ2) is 5.07. The Labute approximate surface area is 117 Å². The summed E-state index contributed by atoms with van der Waals surface area (Å²) in [7, 11) is 0. The van der Waals surface area contributed by atoms with Crippen molar-refractivity contribution >= 4 is 11.8 Å². The number of thioether (sulfide) groups is 1. The van der Waals surface area contributed by atoms with Crippen LogP contribution in [0.15, 0.2) is 35.2 Å². The average molecular weight is 282 g/mol. The summed E-state index contributed by atoms with van der Waals surface area (Å²) in [6, 6.07) is 10.1. The van der Waals surface area contributed by atoms with Crippen LogP contribution in [0.25, 0.3) is 0 Å². The predicted octanol–water partition coefficient (Wildman–Crippen LogP) is 2.02. The second-order valence-corrected chi connectivity index (χ2v) is 6.35. The number of fused-ring (bicyclic) bond motifs is 1. The summed E-state index contributed by atoms with van der Waals surface area (Å²) in [6.45, 7) is 3.66. The zero-order chi connectivity index (χ0) is 13.5. The summed E-state index contributed by atoms with van der Waals surface area (Å²) >= 11 is 1.66. The van der Waals surface area contributed by atoms with Crippen LogP contribution in [0.1, 0.15) is 13.8 Å². The number of hydrogen-bond donors (Lipinski definition) is 1. The zero-order valence-electron chi connectivity index (χ0n) is 11.0. The Kier molecular flexibility index (Phi) is 3.57. The van der Waals surface area contributed by atoms with E-state index in [1.54, 1.807) is 11.8 Å². The standard InChI is InChI=1S/C14H18O4S/c1-14(2)17-12-11(15)10(16-13(12)18-14)8-19-9-6-4-3-5-7-9/h3-7,10-13,15H,8H2,1-2H3/t10-,11+,12-,13-/m0/s1. The highest BCUT2D eigenvalue weighted by atomic mass is 32.2. The van der Waals surface area contributed by atoms with E-state index in [9.17, 15) is 5.11 Å². The largest absolute Gasteiger partial charge is 0.387 e. The highest BCUT2D eigenvalue weighted by Gasteiger charge is 2.54. The molecule has 4 atom stereocenters. The van der Waals surface area contributed by atoms with Gasteiger partial charge in [0.05, 0.1) is 6.10 Å². The molecule has 2 saturated heterocycles. The smallest absolute Gasteiger partial charge is 0.190 e. The monoisotopic (exact) mass is 282 g/mol. The molecule has 1 aromatic carbocycles. The molecule has 0 unspecified atom stereocenters. The van der Waals surface area contributed by atoms with Crippen LogP contribution in [0.3, 0.4) is 0 Å². The quantitative estimate of drug-likeness (QED) is 0.859. The highest BCUT2D eigenvalue weighted by Crippen LogP contribution is 2.38. The summed E-state index contributed by atoms with van der Waals surface area (Å²) in [5.41, 5.74) is 0. The van der Waals surface area contributed by atoms with Gasteiger partial charge in [0.25, 0.3) is 0 Å². The van der Waals surface area contributed by atoms with E-state index in [2.05, 4.69) is 0 Å². The van der Waals surface area contributed by atoms with Crippen LogP contribution in [-0.4, -0.2) is 41.2 Å². The molecule has 1 aromatic rings. The molecule has 0 radical (unpaired) electrons. The van der Waals surface area contributed by atoms with Gasteiger partial charge in [0, 0.05) is 10.6 Å². The summed E-state index contributed by atoms with van der Waals surface area (Å²) < 4.78 is 17.0. The Morgan fingerprint density at radius 2 is 1.95 bits per heavy atom. The zero-order valence-corrected chi connectivity index (χ0v) is 11.8. The Balaban J connectivity index is 1.57. The van der Waals surface area contributed by atoms with E-state index in [1.165, 1.54) is 0 Å². The minimum atomic E-state index is -0.673. The molecule has 2 aliphatic rings. The van der Waals surface area contributed by atoms with Gasteiger partial charge >= 0.3 is 0 Å². The first-order valence-corrected chi connectivity index (χ1v) is 7.41. The molecular formula is C14H18O4S. The normalized spacial score (nSPS) is 36.4. The van der Waals surface area contributed by atoms with Crippen LogP contribution in [0.5, 0.6) is 0 Å². The van der Waals surface area contributed by atoms with Gasteiger partial charge in [-0.15, -0.1) is 11.8 Å². The minimum Gasteiger partial charge on any atom is -0.387 e. The molecule has 0 amide bonds. The molecule has 104 valence electrons. The predicted molar refractivity (Wildman–Crippen MR) is 71.9 cm³/mol. The fraction of sp³-hybridized carbons (Fsp3) is 0.571. The van der Waals surface area contributed by atoms with Crippen LogP contribution in [0.2, 0.25) is 0 Å². The topological polar surface area (TPSA) is 47.9 Å². The molecule has 0 aliphatic carbocycles. The molecule has 4 nitrogen and oxygen atoms in total. The number of aliphatic hydroxyl groups is 1. The van der Waals surface area contributed by atoms with Crippen molar-refractivity contribution in [1.29, 1.82) is 0 Å². The molecule has 0 bridgehead atoms. The molecule has 2 aliphatic heterocycles. The van der Waals surface area contributed by atoms with Crippen LogP contribution in [0.4, 0.5) is 0 Å². The van der Waals surface area contributed by atoms with Crippen molar-refractivity contribution in [2.45, 2.75) is 49.1 Å². The van der Waals surface area contributed by atoms with Gasteiger partial charge in [-0.05, 0) is 26.0 Å². The molecule has 0 saturated carbocycles. The number of aliphatic hydroxyl groups excluding tert-OH is 1. The Bertz CT molecular complexity index is 436. The van der Waals surface area contributed by atoms with Crippen molar-refractivity contribution in [3.63, 3.8) is 0 Å². The number of hydrogen-bond acceptors (Lipinski definition) is 5. The number of ether oxygens (including phenoxy) is 3. The van der Waals surface area contributed by atoms with Crippen LogP contribution in [-0.2, 0) is 14.2 Å². The maximum Gasteiger partial charge on any atom is 0.190 e. The van der Waals surface area contributed by atoms with Crippen molar-refractivity contribution < 1.29 is 19.3 Å². The third kappa shape index (κ3) is 2.80. The molecule has 0 spiro atoms.